The molecule has 0 bridgehead atoms. The second kappa shape index (κ2) is 2.62. The van der Waals surface area contributed by atoms with Crippen LogP contribution < -0.4 is 0 Å². The quantitative estimate of drug-likeness (QED) is 0.668. The molecule has 0 unspecified atom stereocenters. The summed E-state index contributed by atoms with van der Waals surface area (Å²) in [6.45, 7) is 0.543. The van der Waals surface area contributed by atoms with E-state index in [1.54, 1.807) is 0 Å². The number of alkyl halides is 1. The third-order valence-corrected chi connectivity index (χ3v) is 2.74. The maximum atomic E-state index is 13.2. The normalized spacial score (nSPS) is 25.1. The lowest BCUT2D eigenvalue weighted by atomic mass is 10.2. The summed E-state index contributed by atoms with van der Waals surface area (Å²) in [7, 11) is 0. The Morgan fingerprint density at radius 2 is 2.21 bits per heavy atom. The summed E-state index contributed by atoms with van der Waals surface area (Å²) < 4.78 is 14.7. The van der Waals surface area contributed by atoms with Gasteiger partial charge < -0.3 is 0 Å². The Bertz CT molecular complexity index is 397. The Kier molecular flexibility index (Phi) is 1.51. The van der Waals surface area contributed by atoms with Crippen LogP contribution in [0.5, 0.6) is 0 Å². The fourth-order valence-corrected chi connectivity index (χ4v) is 1.75. The molecule has 74 valence electrons. The lowest BCUT2D eigenvalue weighted by Gasteiger charge is -1.92. The average Bonchev–Trinajstić information content (AvgIpc) is 2.84. The molecule has 0 spiro atoms. The zero-order valence-corrected chi connectivity index (χ0v) is 7.61. The largest absolute Gasteiger partial charge is 0.290 e. The molecule has 2 heterocycles. The van der Waals surface area contributed by atoms with Crippen molar-refractivity contribution in [2.24, 2.45) is 5.92 Å². The minimum absolute atomic E-state index is 0.0147. The highest BCUT2D eigenvalue weighted by Gasteiger charge is 2.35. The zero-order valence-electron chi connectivity index (χ0n) is 7.61. The van der Waals surface area contributed by atoms with E-state index >= 15 is 0 Å². The minimum Gasteiger partial charge on any atom is -0.290 e. The van der Waals surface area contributed by atoms with E-state index in [4.69, 9.17) is 0 Å². The van der Waals surface area contributed by atoms with Crippen molar-refractivity contribution in [3.8, 4) is 0 Å². The van der Waals surface area contributed by atoms with Gasteiger partial charge in [0.1, 0.15) is 0 Å². The van der Waals surface area contributed by atoms with Crippen LogP contribution in [0.1, 0.15) is 41.9 Å². The second-order valence-corrected chi connectivity index (χ2v) is 3.91. The van der Waals surface area contributed by atoms with Crippen molar-refractivity contribution in [2.75, 3.05) is 0 Å². The summed E-state index contributed by atoms with van der Waals surface area (Å²) in [5, 5.41) is 4.02. The Hall–Kier alpha value is -1.26. The first-order chi connectivity index (χ1) is 6.75. The van der Waals surface area contributed by atoms with Crippen molar-refractivity contribution in [1.29, 1.82) is 0 Å². The lowest BCUT2D eigenvalue weighted by molar-refractivity contribution is 0.0957. The Morgan fingerprint density at radius 3 is 2.86 bits per heavy atom. The summed E-state index contributed by atoms with van der Waals surface area (Å²) in [6.07, 6.45) is 1.26. The van der Waals surface area contributed by atoms with Gasteiger partial charge in [-0.15, -0.1) is 5.10 Å². The van der Waals surface area contributed by atoms with Crippen LogP contribution in [-0.2, 0) is 6.54 Å². The predicted molar refractivity (Wildman–Crippen MR) is 45.5 cm³/mol. The molecule has 0 radical (unpaired) electrons. The van der Waals surface area contributed by atoms with Crippen molar-refractivity contribution < 1.29 is 9.18 Å². The summed E-state index contributed by atoms with van der Waals surface area (Å²) in [5.41, 5.74) is 0. The summed E-state index contributed by atoms with van der Waals surface area (Å²) in [5.74, 6) is 0.633. The molecule has 1 fully saturated rings. The Balaban J connectivity index is 1.93. The number of hydrogen-bond donors (Lipinski definition) is 0. The highest BCUT2D eigenvalue weighted by Crippen LogP contribution is 2.33. The second-order valence-electron chi connectivity index (χ2n) is 3.91. The number of ketones is 1. The van der Waals surface area contributed by atoms with Crippen LogP contribution in [-0.4, -0.2) is 20.5 Å². The lowest BCUT2D eigenvalue weighted by Crippen LogP contribution is -2.05. The highest BCUT2D eigenvalue weighted by atomic mass is 19.1. The van der Waals surface area contributed by atoms with Gasteiger partial charge in [-0.25, -0.2) is 14.1 Å². The number of fused-ring (bicyclic) bond motifs is 1. The van der Waals surface area contributed by atoms with E-state index in [1.165, 1.54) is 4.68 Å². The third kappa shape index (κ3) is 1.08. The monoisotopic (exact) mass is 195 g/mol. The molecule has 1 aromatic rings. The number of aryl methyl sites for hydroxylation is 1. The Morgan fingerprint density at radius 1 is 1.43 bits per heavy atom. The Labute approximate surface area is 80.1 Å². The molecule has 1 saturated carbocycles. The van der Waals surface area contributed by atoms with Gasteiger partial charge in [0.15, 0.2) is 12.0 Å². The molecule has 1 aromatic heterocycles. The first-order valence-corrected chi connectivity index (χ1v) is 4.89. The van der Waals surface area contributed by atoms with Gasteiger partial charge in [0, 0.05) is 18.9 Å². The number of aromatic nitrogens is 3. The van der Waals surface area contributed by atoms with Gasteiger partial charge in [0.25, 0.3) is 0 Å². The van der Waals surface area contributed by atoms with Crippen LogP contribution >= 0.6 is 0 Å². The van der Waals surface area contributed by atoms with Crippen molar-refractivity contribution in [2.45, 2.75) is 32.0 Å². The number of Topliss-reactive ketones (excluding diaryl/α,β-unsaturated/α-hetero) is 1. The van der Waals surface area contributed by atoms with E-state index in [2.05, 4.69) is 10.1 Å². The van der Waals surface area contributed by atoms with Crippen LogP contribution in [0.4, 0.5) is 4.39 Å². The van der Waals surface area contributed by atoms with E-state index in [0.717, 1.165) is 12.8 Å². The fraction of sp³-hybridized carbons (Fsp3) is 0.667. The number of carbonyl (C=O) groups excluding carboxylic acids is 1. The molecule has 0 N–H and O–H groups in total. The van der Waals surface area contributed by atoms with Crippen LogP contribution in [0.3, 0.4) is 0 Å². The maximum absolute atomic E-state index is 13.2. The standard InChI is InChI=1S/C9H10FN3O/c10-6-3-4-13-9(6)11-8(12-13)7(14)5-1-2-5/h5-6H,1-4H2/t6-/m1/s1. The van der Waals surface area contributed by atoms with E-state index in [-0.39, 0.29) is 17.5 Å². The van der Waals surface area contributed by atoms with E-state index in [9.17, 15) is 9.18 Å². The summed E-state index contributed by atoms with van der Waals surface area (Å²) in [4.78, 5) is 15.5. The number of rotatable bonds is 2. The topological polar surface area (TPSA) is 47.8 Å². The van der Waals surface area contributed by atoms with Crippen LogP contribution in [0.2, 0.25) is 0 Å². The molecule has 2 aliphatic rings. The molecule has 5 heteroatoms. The molecular weight excluding hydrogens is 185 g/mol. The van der Waals surface area contributed by atoms with Gasteiger partial charge in [-0.3, -0.25) is 4.79 Å². The molecule has 1 aliphatic carbocycles. The van der Waals surface area contributed by atoms with E-state index in [0.29, 0.717) is 18.8 Å². The SMILES string of the molecule is O=C(c1nc2n(n1)CC[C@H]2F)C1CC1. The van der Waals surface area contributed by atoms with Crippen LogP contribution in [0, 0.1) is 5.92 Å². The van der Waals surface area contributed by atoms with E-state index < -0.39 is 6.17 Å². The van der Waals surface area contributed by atoms with E-state index in [1.807, 2.05) is 0 Å². The molecule has 1 atom stereocenters. The molecule has 1 aliphatic heterocycles. The van der Waals surface area contributed by atoms with Gasteiger partial charge in [-0.2, -0.15) is 0 Å². The first kappa shape index (κ1) is 8.08. The maximum Gasteiger partial charge on any atom is 0.217 e. The molecule has 3 rings (SSSR count). The fourth-order valence-electron chi connectivity index (χ4n) is 1.75. The first-order valence-electron chi connectivity index (χ1n) is 4.89. The minimum atomic E-state index is -1.04. The molecule has 14 heavy (non-hydrogen) atoms. The highest BCUT2D eigenvalue weighted by molar-refractivity contribution is 5.95. The van der Waals surface area contributed by atoms with Crippen molar-refractivity contribution >= 4 is 5.78 Å². The molecular formula is C9H10FN3O. The molecule has 4 nitrogen and oxygen atoms in total. The predicted octanol–water partition coefficient (Wildman–Crippen LogP) is 1.29. The van der Waals surface area contributed by atoms with Crippen molar-refractivity contribution in [3.63, 3.8) is 0 Å². The molecule has 0 amide bonds. The third-order valence-electron chi connectivity index (χ3n) is 2.74. The summed E-state index contributed by atoms with van der Waals surface area (Å²) in [6, 6.07) is 0. The van der Waals surface area contributed by atoms with Crippen molar-refractivity contribution in [3.05, 3.63) is 11.6 Å². The molecule has 0 saturated heterocycles. The van der Waals surface area contributed by atoms with Gasteiger partial charge in [-0.1, -0.05) is 0 Å². The smallest absolute Gasteiger partial charge is 0.217 e. The number of hydrogen-bond acceptors (Lipinski definition) is 3. The summed E-state index contributed by atoms with van der Waals surface area (Å²) >= 11 is 0. The van der Waals surface area contributed by atoms with Gasteiger partial charge in [-0.05, 0) is 12.8 Å². The van der Waals surface area contributed by atoms with Gasteiger partial charge in [0.2, 0.25) is 11.6 Å². The van der Waals surface area contributed by atoms with Gasteiger partial charge >= 0.3 is 0 Å². The average molecular weight is 195 g/mol. The number of halogens is 1. The van der Waals surface area contributed by atoms with Crippen LogP contribution in [0.25, 0.3) is 0 Å². The number of carbonyl (C=O) groups is 1. The zero-order chi connectivity index (χ0) is 9.71. The van der Waals surface area contributed by atoms with Crippen LogP contribution in [0.15, 0.2) is 0 Å². The van der Waals surface area contributed by atoms with Gasteiger partial charge in [0.05, 0.1) is 0 Å². The van der Waals surface area contributed by atoms with Crippen molar-refractivity contribution in [1.82, 2.24) is 14.8 Å². The number of nitrogens with zero attached hydrogens (tertiary/aromatic N) is 3. The molecule has 0 aromatic carbocycles.